The van der Waals surface area contributed by atoms with E-state index in [1.54, 1.807) is 0 Å². The Kier molecular flexibility index (Phi) is 4.12. The molecule has 2 aromatic rings. The van der Waals surface area contributed by atoms with Gasteiger partial charge in [-0.25, -0.2) is 0 Å². The summed E-state index contributed by atoms with van der Waals surface area (Å²) < 4.78 is 0. The molecular formula is C22H25NOSi. The van der Waals surface area contributed by atoms with Crippen LogP contribution >= 0.6 is 0 Å². The molecule has 1 heterocycles. The molecule has 0 unspecified atom stereocenters. The number of hydrogen-bond donors (Lipinski definition) is 1. The number of carbonyl (C=O) groups excluding carboxylic acids is 1. The quantitative estimate of drug-likeness (QED) is 0.640. The van der Waals surface area contributed by atoms with Gasteiger partial charge in [0, 0.05) is 17.5 Å². The molecule has 1 N–H and O–H groups in total. The molecule has 0 saturated carbocycles. The number of benzene rings is 2. The van der Waals surface area contributed by atoms with Crippen molar-refractivity contribution < 1.29 is 4.79 Å². The first-order valence-electron chi connectivity index (χ1n) is 9.16. The van der Waals surface area contributed by atoms with Crippen molar-refractivity contribution in [2.45, 2.75) is 36.6 Å². The van der Waals surface area contributed by atoms with Crippen LogP contribution in [0.4, 0.5) is 0 Å². The maximum atomic E-state index is 12.5. The summed E-state index contributed by atoms with van der Waals surface area (Å²) in [6, 6.07) is 21.9. The Morgan fingerprint density at radius 2 is 1.52 bits per heavy atom. The Labute approximate surface area is 151 Å². The Hall–Kier alpha value is -2.13. The molecule has 2 nitrogen and oxygen atoms in total. The third kappa shape index (κ3) is 2.77. The van der Waals surface area contributed by atoms with E-state index in [1.165, 1.54) is 11.1 Å². The minimum Gasteiger partial charge on any atom is -0.350 e. The normalized spacial score (nSPS) is 25.2. The van der Waals surface area contributed by atoms with Crippen LogP contribution in [0, 0.1) is 5.92 Å². The molecule has 128 valence electrons. The number of nitrogens with one attached hydrogen (secondary N) is 1. The van der Waals surface area contributed by atoms with Crippen LogP contribution in [0.25, 0.3) is 0 Å². The summed E-state index contributed by atoms with van der Waals surface area (Å²) in [5, 5.41) is 3.24. The lowest BCUT2D eigenvalue weighted by molar-refractivity contribution is -0.122. The summed E-state index contributed by atoms with van der Waals surface area (Å²) in [5.41, 5.74) is 3.60. The SMILES string of the molecule is C[Si](C)(C(c1ccccc1)c1ccccc1)[C@@H]1[C@@H]2CC=C[C@H]1NC2=O. The van der Waals surface area contributed by atoms with Gasteiger partial charge in [-0.3, -0.25) is 4.79 Å². The minimum absolute atomic E-state index is 0.145. The molecule has 3 atom stereocenters. The largest absolute Gasteiger partial charge is 0.350 e. The van der Waals surface area contributed by atoms with Crippen molar-refractivity contribution in [3.8, 4) is 0 Å². The van der Waals surface area contributed by atoms with Crippen molar-refractivity contribution in [2.75, 3.05) is 0 Å². The van der Waals surface area contributed by atoms with Gasteiger partial charge in [-0.1, -0.05) is 85.9 Å². The van der Waals surface area contributed by atoms with Crippen LogP contribution in [0.3, 0.4) is 0 Å². The van der Waals surface area contributed by atoms with Gasteiger partial charge in [0.15, 0.2) is 0 Å². The predicted molar refractivity (Wildman–Crippen MR) is 105 cm³/mol. The van der Waals surface area contributed by atoms with E-state index in [-0.39, 0.29) is 17.9 Å². The lowest BCUT2D eigenvalue weighted by Gasteiger charge is -2.43. The van der Waals surface area contributed by atoms with E-state index in [0.717, 1.165) is 6.42 Å². The molecule has 0 spiro atoms. The summed E-state index contributed by atoms with van der Waals surface area (Å²) >= 11 is 0. The van der Waals surface area contributed by atoms with Crippen LogP contribution in [0.15, 0.2) is 72.8 Å². The van der Waals surface area contributed by atoms with Crippen molar-refractivity contribution >= 4 is 14.0 Å². The van der Waals surface area contributed by atoms with Gasteiger partial charge in [-0.05, 0) is 23.1 Å². The van der Waals surface area contributed by atoms with Gasteiger partial charge in [0.1, 0.15) is 0 Å². The first-order chi connectivity index (χ1) is 12.1. The Balaban J connectivity index is 1.81. The summed E-state index contributed by atoms with van der Waals surface area (Å²) in [5.74, 6) is 0.395. The molecule has 1 amide bonds. The Bertz CT molecular complexity index is 745. The van der Waals surface area contributed by atoms with Crippen molar-refractivity contribution in [2.24, 2.45) is 5.92 Å². The molecule has 0 radical (unpaired) electrons. The molecule has 2 aliphatic rings. The second kappa shape index (κ2) is 6.30. The molecule has 2 aromatic carbocycles. The van der Waals surface area contributed by atoms with E-state index in [9.17, 15) is 4.79 Å². The van der Waals surface area contributed by atoms with E-state index in [1.807, 2.05) is 0 Å². The van der Waals surface area contributed by atoms with Gasteiger partial charge in [0.2, 0.25) is 5.91 Å². The highest BCUT2D eigenvalue weighted by Crippen LogP contribution is 2.50. The molecule has 2 bridgehead atoms. The highest BCUT2D eigenvalue weighted by Gasteiger charge is 2.53. The zero-order valence-electron chi connectivity index (χ0n) is 14.9. The Morgan fingerprint density at radius 3 is 2.04 bits per heavy atom. The standard InChI is InChI=1S/C22H25NOSi/c1-25(2,21-18-14-9-15-19(21)23-22(18)24)20(16-10-5-3-6-11-16)17-12-7-4-8-13-17/h3-13,15,18-21H,14H2,1-2H3,(H,23,24)/t18-,19+,21+/m0/s1. The van der Waals surface area contributed by atoms with E-state index in [2.05, 4.69) is 91.2 Å². The van der Waals surface area contributed by atoms with E-state index >= 15 is 0 Å². The second-order valence-corrected chi connectivity index (χ2v) is 12.8. The minimum atomic E-state index is -1.85. The molecule has 1 fully saturated rings. The Morgan fingerprint density at radius 1 is 0.960 bits per heavy atom. The van der Waals surface area contributed by atoms with Crippen LogP contribution < -0.4 is 5.32 Å². The van der Waals surface area contributed by atoms with Gasteiger partial charge in [0.25, 0.3) is 0 Å². The molecule has 0 aromatic heterocycles. The van der Waals surface area contributed by atoms with Crippen molar-refractivity contribution in [1.29, 1.82) is 0 Å². The number of hydrogen-bond acceptors (Lipinski definition) is 1. The van der Waals surface area contributed by atoms with E-state index < -0.39 is 8.07 Å². The topological polar surface area (TPSA) is 29.1 Å². The molecular weight excluding hydrogens is 322 g/mol. The van der Waals surface area contributed by atoms with Crippen molar-refractivity contribution in [1.82, 2.24) is 5.32 Å². The number of amides is 1. The van der Waals surface area contributed by atoms with Gasteiger partial charge in [-0.2, -0.15) is 0 Å². The van der Waals surface area contributed by atoms with Crippen molar-refractivity contribution in [3.63, 3.8) is 0 Å². The van der Waals surface area contributed by atoms with Crippen LogP contribution in [0.2, 0.25) is 18.6 Å². The van der Waals surface area contributed by atoms with Crippen molar-refractivity contribution in [3.05, 3.63) is 83.9 Å². The van der Waals surface area contributed by atoms with Crippen LogP contribution in [-0.2, 0) is 4.79 Å². The number of allylic oxidation sites excluding steroid dienone is 1. The molecule has 25 heavy (non-hydrogen) atoms. The highest BCUT2D eigenvalue weighted by atomic mass is 28.3. The number of carbonyl (C=O) groups is 1. The van der Waals surface area contributed by atoms with Gasteiger partial charge < -0.3 is 5.32 Å². The molecule has 4 rings (SSSR count). The van der Waals surface area contributed by atoms with E-state index in [0.29, 0.717) is 11.1 Å². The zero-order chi connectivity index (χ0) is 17.4. The monoisotopic (exact) mass is 347 g/mol. The van der Waals surface area contributed by atoms with Crippen LogP contribution in [0.1, 0.15) is 23.1 Å². The predicted octanol–water partition coefficient (Wildman–Crippen LogP) is 4.51. The molecule has 1 aliphatic heterocycles. The zero-order valence-corrected chi connectivity index (χ0v) is 15.9. The molecule has 1 saturated heterocycles. The average Bonchev–Trinajstić information content (AvgIpc) is 2.83. The maximum Gasteiger partial charge on any atom is 0.223 e. The molecule has 3 heteroatoms. The fraction of sp³-hybridized carbons (Fsp3) is 0.318. The maximum absolute atomic E-state index is 12.5. The third-order valence-electron chi connectivity index (χ3n) is 6.07. The fourth-order valence-electron chi connectivity index (χ4n) is 5.08. The summed E-state index contributed by atoms with van der Waals surface area (Å²) in [4.78, 5) is 12.5. The first-order valence-corrected chi connectivity index (χ1v) is 12.3. The third-order valence-corrected chi connectivity index (χ3v) is 10.7. The van der Waals surface area contributed by atoms with Gasteiger partial charge >= 0.3 is 0 Å². The summed E-state index contributed by atoms with van der Waals surface area (Å²) in [7, 11) is -1.85. The smallest absolute Gasteiger partial charge is 0.223 e. The summed E-state index contributed by atoms with van der Waals surface area (Å²) in [6.45, 7) is 4.95. The second-order valence-electron chi connectivity index (χ2n) is 7.91. The summed E-state index contributed by atoms with van der Waals surface area (Å²) in [6.07, 6.45) is 5.31. The molecule has 1 aliphatic carbocycles. The first kappa shape index (κ1) is 16.3. The lowest BCUT2D eigenvalue weighted by Crippen LogP contribution is -2.47. The lowest BCUT2D eigenvalue weighted by atomic mass is 9.95. The van der Waals surface area contributed by atoms with Gasteiger partial charge in [0.05, 0.1) is 8.07 Å². The van der Waals surface area contributed by atoms with Crippen LogP contribution in [0.5, 0.6) is 0 Å². The number of rotatable bonds is 4. The average molecular weight is 348 g/mol. The highest BCUT2D eigenvalue weighted by molar-refractivity contribution is 6.81. The fourth-order valence-corrected chi connectivity index (χ4v) is 10.0. The van der Waals surface area contributed by atoms with Crippen LogP contribution in [-0.4, -0.2) is 20.0 Å². The van der Waals surface area contributed by atoms with E-state index in [4.69, 9.17) is 0 Å². The van der Waals surface area contributed by atoms with Gasteiger partial charge in [-0.15, -0.1) is 0 Å². The number of fused-ring (bicyclic) bond motifs is 2.